The van der Waals surface area contributed by atoms with Crippen LogP contribution in [0.1, 0.15) is 31.2 Å². The molecule has 0 spiro atoms. The van der Waals surface area contributed by atoms with Gasteiger partial charge in [-0.1, -0.05) is 29.3 Å². The van der Waals surface area contributed by atoms with Crippen LogP contribution in [0.5, 0.6) is 0 Å². The predicted molar refractivity (Wildman–Crippen MR) is 88.4 cm³/mol. The number of carbonyl (C=O) groups is 1. The standard InChI is InChI=1S/C17H21Cl2NO2/c18-15-2-1-3-16(19)14(15)6-7-17(21)20-9-8-13(10-20)22-11-12-4-5-12/h1-3,12-13H,4-11H2. The van der Waals surface area contributed by atoms with Crippen molar-refractivity contribution in [2.24, 2.45) is 5.92 Å². The Morgan fingerprint density at radius 3 is 2.64 bits per heavy atom. The summed E-state index contributed by atoms with van der Waals surface area (Å²) in [6.45, 7) is 2.38. The molecule has 5 heteroatoms. The molecular weight excluding hydrogens is 321 g/mol. The molecule has 2 aliphatic rings. The highest BCUT2D eigenvalue weighted by Crippen LogP contribution is 2.30. The zero-order chi connectivity index (χ0) is 15.5. The number of hydrogen-bond donors (Lipinski definition) is 0. The lowest BCUT2D eigenvalue weighted by Crippen LogP contribution is -2.30. The first-order chi connectivity index (χ1) is 10.6. The predicted octanol–water partition coefficient (Wildman–Crippen LogP) is 3.95. The molecule has 1 aliphatic carbocycles. The molecule has 0 bridgehead atoms. The van der Waals surface area contributed by atoms with Crippen molar-refractivity contribution in [2.75, 3.05) is 19.7 Å². The maximum Gasteiger partial charge on any atom is 0.222 e. The van der Waals surface area contributed by atoms with Crippen molar-refractivity contribution < 1.29 is 9.53 Å². The number of halogens is 2. The van der Waals surface area contributed by atoms with Crippen LogP contribution in [0, 0.1) is 5.92 Å². The van der Waals surface area contributed by atoms with Gasteiger partial charge in [0.1, 0.15) is 0 Å². The van der Waals surface area contributed by atoms with Crippen LogP contribution < -0.4 is 0 Å². The zero-order valence-corrected chi connectivity index (χ0v) is 14.1. The Kier molecular flexibility index (Phi) is 5.27. The third kappa shape index (κ3) is 4.15. The van der Waals surface area contributed by atoms with E-state index in [1.807, 2.05) is 23.1 Å². The third-order valence-electron chi connectivity index (χ3n) is 4.41. The van der Waals surface area contributed by atoms with Crippen molar-refractivity contribution in [3.05, 3.63) is 33.8 Å². The van der Waals surface area contributed by atoms with Gasteiger partial charge in [0.2, 0.25) is 5.91 Å². The van der Waals surface area contributed by atoms with Crippen LogP contribution in [0.25, 0.3) is 0 Å². The summed E-state index contributed by atoms with van der Waals surface area (Å²) < 4.78 is 5.87. The first-order valence-corrected chi connectivity index (χ1v) is 8.71. The van der Waals surface area contributed by atoms with E-state index < -0.39 is 0 Å². The molecule has 1 aromatic carbocycles. The second-order valence-electron chi connectivity index (χ2n) is 6.23. The molecule has 0 N–H and O–H groups in total. The summed E-state index contributed by atoms with van der Waals surface area (Å²) in [7, 11) is 0. The summed E-state index contributed by atoms with van der Waals surface area (Å²) in [5, 5.41) is 1.26. The second kappa shape index (κ2) is 7.20. The fourth-order valence-corrected chi connectivity index (χ4v) is 3.40. The van der Waals surface area contributed by atoms with E-state index in [-0.39, 0.29) is 12.0 Å². The molecule has 3 nitrogen and oxygen atoms in total. The summed E-state index contributed by atoms with van der Waals surface area (Å²) in [5.41, 5.74) is 0.861. The summed E-state index contributed by atoms with van der Waals surface area (Å²) >= 11 is 12.3. The van der Waals surface area contributed by atoms with Crippen LogP contribution in [-0.2, 0) is 16.0 Å². The van der Waals surface area contributed by atoms with E-state index in [0.29, 0.717) is 22.9 Å². The van der Waals surface area contributed by atoms with E-state index in [1.54, 1.807) is 0 Å². The van der Waals surface area contributed by atoms with E-state index in [0.717, 1.165) is 37.6 Å². The Morgan fingerprint density at radius 1 is 1.23 bits per heavy atom. The van der Waals surface area contributed by atoms with Crippen LogP contribution in [0.15, 0.2) is 18.2 Å². The van der Waals surface area contributed by atoms with Crippen molar-refractivity contribution in [3.63, 3.8) is 0 Å². The van der Waals surface area contributed by atoms with Gasteiger partial charge in [0.05, 0.1) is 6.10 Å². The average Bonchev–Trinajstić information content (AvgIpc) is 3.21. The minimum Gasteiger partial charge on any atom is -0.376 e. The van der Waals surface area contributed by atoms with Gasteiger partial charge < -0.3 is 9.64 Å². The minimum atomic E-state index is 0.161. The zero-order valence-electron chi connectivity index (χ0n) is 12.6. The number of ether oxygens (including phenoxy) is 1. The van der Waals surface area contributed by atoms with Crippen LogP contribution in [0.4, 0.5) is 0 Å². The Balaban J connectivity index is 1.46. The van der Waals surface area contributed by atoms with Crippen LogP contribution in [0.3, 0.4) is 0 Å². The summed E-state index contributed by atoms with van der Waals surface area (Å²) in [5.74, 6) is 0.931. The van der Waals surface area contributed by atoms with Crippen LogP contribution in [-0.4, -0.2) is 36.6 Å². The molecule has 1 saturated carbocycles. The van der Waals surface area contributed by atoms with E-state index in [2.05, 4.69) is 0 Å². The fraction of sp³-hybridized carbons (Fsp3) is 0.588. The van der Waals surface area contributed by atoms with Gasteiger partial charge in [0.25, 0.3) is 0 Å². The fourth-order valence-electron chi connectivity index (χ4n) is 2.81. The van der Waals surface area contributed by atoms with E-state index in [9.17, 15) is 4.79 Å². The monoisotopic (exact) mass is 341 g/mol. The van der Waals surface area contributed by atoms with Gasteiger partial charge in [-0.3, -0.25) is 4.79 Å². The number of benzene rings is 1. The van der Waals surface area contributed by atoms with Gasteiger partial charge in [-0.2, -0.15) is 0 Å². The normalized spacial score (nSPS) is 21.4. The van der Waals surface area contributed by atoms with Crippen molar-refractivity contribution in [2.45, 2.75) is 38.2 Å². The van der Waals surface area contributed by atoms with Gasteiger partial charge in [-0.05, 0) is 49.3 Å². The lowest BCUT2D eigenvalue weighted by atomic mass is 10.1. The smallest absolute Gasteiger partial charge is 0.222 e. The highest BCUT2D eigenvalue weighted by molar-refractivity contribution is 6.36. The minimum absolute atomic E-state index is 0.161. The summed E-state index contributed by atoms with van der Waals surface area (Å²) in [6, 6.07) is 5.44. The van der Waals surface area contributed by atoms with Gasteiger partial charge >= 0.3 is 0 Å². The Bertz CT molecular complexity index is 525. The molecule has 1 heterocycles. The van der Waals surface area contributed by atoms with E-state index in [1.165, 1.54) is 12.8 Å². The van der Waals surface area contributed by atoms with Crippen molar-refractivity contribution in [3.8, 4) is 0 Å². The Labute approximate surface area is 141 Å². The van der Waals surface area contributed by atoms with Gasteiger partial charge in [-0.25, -0.2) is 0 Å². The molecular formula is C17H21Cl2NO2. The quantitative estimate of drug-likeness (QED) is 0.783. The van der Waals surface area contributed by atoms with Crippen LogP contribution in [0.2, 0.25) is 10.0 Å². The SMILES string of the molecule is O=C(CCc1c(Cl)cccc1Cl)N1CCC(OCC2CC2)C1. The van der Waals surface area contributed by atoms with Gasteiger partial charge in [0, 0.05) is 36.2 Å². The summed E-state index contributed by atoms with van der Waals surface area (Å²) in [4.78, 5) is 14.2. The molecule has 0 radical (unpaired) electrons. The molecule has 1 aliphatic heterocycles. The topological polar surface area (TPSA) is 29.5 Å². The third-order valence-corrected chi connectivity index (χ3v) is 5.12. The maximum absolute atomic E-state index is 12.3. The molecule has 22 heavy (non-hydrogen) atoms. The Hall–Kier alpha value is -0.770. The van der Waals surface area contributed by atoms with Crippen LogP contribution >= 0.6 is 23.2 Å². The first kappa shape index (κ1) is 16.1. The summed E-state index contributed by atoms with van der Waals surface area (Å²) in [6.07, 6.45) is 4.79. The lowest BCUT2D eigenvalue weighted by Gasteiger charge is -2.17. The first-order valence-electron chi connectivity index (χ1n) is 7.95. The second-order valence-corrected chi connectivity index (χ2v) is 7.04. The van der Waals surface area contributed by atoms with E-state index in [4.69, 9.17) is 27.9 Å². The average molecular weight is 342 g/mol. The number of hydrogen-bond acceptors (Lipinski definition) is 2. The molecule has 1 saturated heterocycles. The molecule has 2 fully saturated rings. The maximum atomic E-state index is 12.3. The van der Waals surface area contributed by atoms with E-state index >= 15 is 0 Å². The van der Waals surface area contributed by atoms with Gasteiger partial charge in [-0.15, -0.1) is 0 Å². The highest BCUT2D eigenvalue weighted by atomic mass is 35.5. The highest BCUT2D eigenvalue weighted by Gasteiger charge is 2.29. The van der Waals surface area contributed by atoms with Crippen molar-refractivity contribution >= 4 is 29.1 Å². The number of likely N-dealkylation sites (tertiary alicyclic amines) is 1. The number of amides is 1. The molecule has 1 amide bonds. The number of nitrogens with zero attached hydrogens (tertiary/aromatic N) is 1. The molecule has 120 valence electrons. The largest absolute Gasteiger partial charge is 0.376 e. The Morgan fingerprint density at radius 2 is 1.95 bits per heavy atom. The number of carbonyl (C=O) groups excluding carboxylic acids is 1. The van der Waals surface area contributed by atoms with Crippen molar-refractivity contribution in [1.29, 1.82) is 0 Å². The molecule has 1 unspecified atom stereocenters. The molecule has 1 atom stereocenters. The molecule has 1 aromatic rings. The molecule has 0 aromatic heterocycles. The number of rotatable bonds is 6. The lowest BCUT2D eigenvalue weighted by molar-refractivity contribution is -0.130. The van der Waals surface area contributed by atoms with Gasteiger partial charge in [0.15, 0.2) is 0 Å². The molecule has 3 rings (SSSR count). The van der Waals surface area contributed by atoms with Crippen molar-refractivity contribution in [1.82, 2.24) is 4.90 Å².